The number of hydrogen-bond donors (Lipinski definition) is 2. The largest absolute Gasteiger partial charge is 0.355 e. The lowest BCUT2D eigenvalue weighted by Crippen LogP contribution is -2.39. The molecule has 2 aromatic rings. The topological polar surface area (TPSA) is 44.6 Å². The van der Waals surface area contributed by atoms with Gasteiger partial charge >= 0.3 is 0 Å². The van der Waals surface area contributed by atoms with Crippen LogP contribution in [0.5, 0.6) is 0 Å². The van der Waals surface area contributed by atoms with Crippen molar-refractivity contribution >= 4 is 5.96 Å². The molecule has 1 aliphatic rings. The molecule has 0 aliphatic carbocycles. The molecule has 5 heteroatoms. The van der Waals surface area contributed by atoms with Gasteiger partial charge in [-0.2, -0.15) is 0 Å². The molecule has 1 aromatic heterocycles. The van der Waals surface area contributed by atoms with Crippen LogP contribution < -0.4 is 10.6 Å². The van der Waals surface area contributed by atoms with Crippen LogP contribution in [0.4, 0.5) is 0 Å². The Balaban J connectivity index is 1.52. The van der Waals surface area contributed by atoms with Crippen molar-refractivity contribution in [3.63, 3.8) is 0 Å². The molecule has 0 bridgehead atoms. The van der Waals surface area contributed by atoms with Crippen LogP contribution in [0.1, 0.15) is 37.3 Å². The van der Waals surface area contributed by atoms with Gasteiger partial charge in [0.25, 0.3) is 0 Å². The zero-order valence-electron chi connectivity index (χ0n) is 16.7. The average Bonchev–Trinajstić information content (AvgIpc) is 3.21. The second-order valence-corrected chi connectivity index (χ2v) is 7.36. The molecule has 2 N–H and O–H groups in total. The van der Waals surface area contributed by atoms with Crippen molar-refractivity contribution in [3.05, 3.63) is 59.9 Å². The second-order valence-electron chi connectivity index (χ2n) is 7.36. The number of piperidine rings is 1. The van der Waals surface area contributed by atoms with E-state index in [1.807, 2.05) is 19.2 Å². The van der Waals surface area contributed by atoms with Crippen LogP contribution in [0.15, 0.2) is 53.8 Å². The molecule has 0 spiro atoms. The number of rotatable bonds is 7. The predicted octanol–water partition coefficient (Wildman–Crippen LogP) is 3.23. The molecule has 2 heterocycles. The van der Waals surface area contributed by atoms with Crippen molar-refractivity contribution < 1.29 is 0 Å². The van der Waals surface area contributed by atoms with Gasteiger partial charge in [0.15, 0.2) is 5.96 Å². The molecule has 146 valence electrons. The third-order valence-electron chi connectivity index (χ3n) is 5.43. The predicted molar refractivity (Wildman–Crippen MR) is 113 cm³/mol. The van der Waals surface area contributed by atoms with Gasteiger partial charge in [-0.15, -0.1) is 0 Å². The molecule has 1 atom stereocenters. The van der Waals surface area contributed by atoms with E-state index in [2.05, 4.69) is 68.7 Å². The summed E-state index contributed by atoms with van der Waals surface area (Å²) in [5, 5.41) is 6.86. The summed E-state index contributed by atoms with van der Waals surface area (Å²) in [6, 6.07) is 13.5. The van der Waals surface area contributed by atoms with Gasteiger partial charge in [0.1, 0.15) is 0 Å². The highest BCUT2D eigenvalue weighted by Gasteiger charge is 2.19. The monoisotopic (exact) mass is 367 g/mol. The SMILES string of the molecule is CN=C(NCCn1cccc1)NCc1ccccc1CN1CCCCC1C. The number of likely N-dealkylation sites (tertiary alicyclic amines) is 1. The maximum Gasteiger partial charge on any atom is 0.191 e. The van der Waals surface area contributed by atoms with Gasteiger partial charge in [0.05, 0.1) is 0 Å². The Morgan fingerprint density at radius 2 is 1.85 bits per heavy atom. The highest BCUT2D eigenvalue weighted by molar-refractivity contribution is 5.79. The van der Waals surface area contributed by atoms with Crippen LogP contribution >= 0.6 is 0 Å². The summed E-state index contributed by atoms with van der Waals surface area (Å²) >= 11 is 0. The highest BCUT2D eigenvalue weighted by Crippen LogP contribution is 2.20. The molecule has 1 saturated heterocycles. The van der Waals surface area contributed by atoms with Crippen molar-refractivity contribution in [2.45, 2.75) is 51.9 Å². The molecule has 1 unspecified atom stereocenters. The van der Waals surface area contributed by atoms with Crippen LogP contribution in [0, 0.1) is 0 Å². The molecular weight excluding hydrogens is 334 g/mol. The average molecular weight is 368 g/mol. The fourth-order valence-electron chi connectivity index (χ4n) is 3.72. The Morgan fingerprint density at radius 1 is 1.07 bits per heavy atom. The van der Waals surface area contributed by atoms with Crippen LogP contribution in [0.3, 0.4) is 0 Å². The fraction of sp³-hybridized carbons (Fsp3) is 0.500. The minimum atomic E-state index is 0.683. The Labute approximate surface area is 163 Å². The summed E-state index contributed by atoms with van der Waals surface area (Å²) in [6.07, 6.45) is 8.17. The van der Waals surface area contributed by atoms with Gasteiger partial charge in [-0.1, -0.05) is 30.7 Å². The van der Waals surface area contributed by atoms with E-state index in [0.717, 1.165) is 32.1 Å². The molecular formula is C22H33N5. The van der Waals surface area contributed by atoms with Gasteiger partial charge in [-0.05, 0) is 49.6 Å². The molecule has 1 aromatic carbocycles. The molecule has 1 aliphatic heterocycles. The second kappa shape index (κ2) is 10.2. The van der Waals surface area contributed by atoms with Crippen molar-refractivity contribution in [3.8, 4) is 0 Å². The van der Waals surface area contributed by atoms with Crippen LogP contribution in [0.25, 0.3) is 0 Å². The van der Waals surface area contributed by atoms with Gasteiger partial charge < -0.3 is 15.2 Å². The maximum absolute atomic E-state index is 4.35. The summed E-state index contributed by atoms with van der Waals surface area (Å²) in [4.78, 5) is 6.97. The molecule has 1 fully saturated rings. The van der Waals surface area contributed by atoms with Crippen LogP contribution in [-0.4, -0.2) is 41.6 Å². The summed E-state index contributed by atoms with van der Waals surface area (Å²) in [5.41, 5.74) is 2.77. The molecule has 0 saturated carbocycles. The number of aliphatic imine (C=N–C) groups is 1. The molecule has 27 heavy (non-hydrogen) atoms. The van der Waals surface area contributed by atoms with Crippen molar-refractivity contribution in [2.24, 2.45) is 4.99 Å². The summed E-state index contributed by atoms with van der Waals surface area (Å²) in [5.74, 6) is 0.850. The zero-order chi connectivity index (χ0) is 18.9. The van der Waals surface area contributed by atoms with Crippen molar-refractivity contribution in [1.82, 2.24) is 20.1 Å². The lowest BCUT2D eigenvalue weighted by molar-refractivity contribution is 0.152. The Kier molecular flexibility index (Phi) is 7.34. The first-order chi connectivity index (χ1) is 13.3. The van der Waals surface area contributed by atoms with Gasteiger partial charge in [0, 0.05) is 51.7 Å². The minimum Gasteiger partial charge on any atom is -0.355 e. The van der Waals surface area contributed by atoms with Gasteiger partial charge in [-0.25, -0.2) is 0 Å². The highest BCUT2D eigenvalue weighted by atomic mass is 15.2. The fourth-order valence-corrected chi connectivity index (χ4v) is 3.72. The lowest BCUT2D eigenvalue weighted by Gasteiger charge is -2.33. The van der Waals surface area contributed by atoms with E-state index in [-0.39, 0.29) is 0 Å². The van der Waals surface area contributed by atoms with E-state index in [4.69, 9.17) is 0 Å². The van der Waals surface area contributed by atoms with Crippen LogP contribution in [0.2, 0.25) is 0 Å². The molecule has 3 rings (SSSR count). The summed E-state index contributed by atoms with van der Waals surface area (Å²) < 4.78 is 2.16. The number of benzene rings is 1. The Hall–Kier alpha value is -2.27. The number of nitrogens with one attached hydrogen (secondary N) is 2. The van der Waals surface area contributed by atoms with E-state index < -0.39 is 0 Å². The number of guanidine groups is 1. The summed E-state index contributed by atoms with van der Waals surface area (Å²) in [6.45, 7) is 7.18. The maximum atomic E-state index is 4.35. The van der Waals surface area contributed by atoms with Crippen molar-refractivity contribution in [1.29, 1.82) is 0 Å². The number of nitrogens with zero attached hydrogens (tertiary/aromatic N) is 3. The molecule has 0 amide bonds. The zero-order valence-corrected chi connectivity index (χ0v) is 16.7. The van der Waals surface area contributed by atoms with E-state index in [1.54, 1.807) is 0 Å². The van der Waals surface area contributed by atoms with E-state index in [0.29, 0.717) is 6.04 Å². The van der Waals surface area contributed by atoms with Gasteiger partial charge in [-0.3, -0.25) is 9.89 Å². The smallest absolute Gasteiger partial charge is 0.191 e. The van der Waals surface area contributed by atoms with E-state index >= 15 is 0 Å². The first kappa shape index (κ1) is 19.5. The Bertz CT molecular complexity index is 707. The quantitative estimate of drug-likeness (QED) is 0.583. The molecule has 0 radical (unpaired) electrons. The van der Waals surface area contributed by atoms with Gasteiger partial charge in [0.2, 0.25) is 0 Å². The third kappa shape index (κ3) is 5.86. The standard InChI is InChI=1S/C22H33N5/c1-19-9-5-6-15-27(19)18-21-11-4-3-10-20(21)17-25-22(23-2)24-12-16-26-13-7-8-14-26/h3-4,7-8,10-11,13-14,19H,5-6,9,12,15-18H2,1-2H3,(H2,23,24,25). The first-order valence-electron chi connectivity index (χ1n) is 10.1. The number of aromatic nitrogens is 1. The van der Waals surface area contributed by atoms with E-state index in [1.165, 1.54) is 36.9 Å². The first-order valence-corrected chi connectivity index (χ1v) is 10.1. The van der Waals surface area contributed by atoms with E-state index in [9.17, 15) is 0 Å². The number of hydrogen-bond acceptors (Lipinski definition) is 2. The normalized spacial score (nSPS) is 18.4. The third-order valence-corrected chi connectivity index (χ3v) is 5.43. The van der Waals surface area contributed by atoms with Crippen molar-refractivity contribution in [2.75, 3.05) is 20.1 Å². The minimum absolute atomic E-state index is 0.683. The lowest BCUT2D eigenvalue weighted by atomic mass is 10.0. The summed E-state index contributed by atoms with van der Waals surface area (Å²) in [7, 11) is 1.83. The Morgan fingerprint density at radius 3 is 2.59 bits per heavy atom. The molecule has 5 nitrogen and oxygen atoms in total. The van der Waals surface area contributed by atoms with Crippen LogP contribution in [-0.2, 0) is 19.6 Å².